The van der Waals surface area contributed by atoms with Crippen molar-refractivity contribution in [2.45, 2.75) is 31.0 Å². The van der Waals surface area contributed by atoms with Crippen molar-refractivity contribution in [3.8, 4) is 0 Å². The number of aliphatic hydroxyl groups is 1. The molecule has 5 nitrogen and oxygen atoms in total. The molecule has 0 saturated heterocycles. The highest BCUT2D eigenvalue weighted by atomic mass is 32.2. The van der Waals surface area contributed by atoms with E-state index in [-0.39, 0.29) is 0 Å². The first-order chi connectivity index (χ1) is 9.70. The molecule has 1 atom stereocenters. The van der Waals surface area contributed by atoms with Crippen LogP contribution in [0.2, 0.25) is 0 Å². The van der Waals surface area contributed by atoms with Crippen LogP contribution in [0.15, 0.2) is 16.6 Å². The summed E-state index contributed by atoms with van der Waals surface area (Å²) in [6.07, 6.45) is 1.61. The second kappa shape index (κ2) is 7.78. The third-order valence-corrected chi connectivity index (χ3v) is 4.49. The number of nitrogens with zero attached hydrogens (tertiary/aromatic N) is 2. The quantitative estimate of drug-likeness (QED) is 0.443. The predicted molar refractivity (Wildman–Crippen MR) is 84.3 cm³/mol. The van der Waals surface area contributed by atoms with Crippen molar-refractivity contribution < 1.29 is 9.84 Å². The molecule has 2 rings (SSSR count). The van der Waals surface area contributed by atoms with Gasteiger partial charge in [0.1, 0.15) is 10.6 Å². The normalized spacial score (nSPS) is 12.9. The first-order valence-electron chi connectivity index (χ1n) is 6.60. The minimum atomic E-state index is -0.513. The van der Waals surface area contributed by atoms with E-state index < -0.39 is 6.10 Å². The third kappa shape index (κ3) is 4.31. The summed E-state index contributed by atoms with van der Waals surface area (Å²) in [5, 5.41) is 13.3. The maximum absolute atomic E-state index is 9.82. The number of thioether (sulfide) groups is 1. The number of nitrogens with two attached hydrogens (primary N) is 1. The molecule has 0 spiro atoms. The van der Waals surface area contributed by atoms with Crippen LogP contribution in [0.1, 0.15) is 19.8 Å². The monoisotopic (exact) mass is 313 g/mol. The number of aliphatic hydroxyl groups excluding tert-OH is 1. The highest BCUT2D eigenvalue weighted by Crippen LogP contribution is 2.26. The molecule has 0 amide bonds. The number of rotatable bonds is 8. The van der Waals surface area contributed by atoms with E-state index in [1.54, 1.807) is 0 Å². The first kappa shape index (κ1) is 15.5. The van der Waals surface area contributed by atoms with Gasteiger partial charge in [0, 0.05) is 12.4 Å². The average Bonchev–Trinajstić information content (AvgIpc) is 2.90. The Balaban J connectivity index is 1.82. The van der Waals surface area contributed by atoms with Gasteiger partial charge < -0.3 is 15.6 Å². The summed E-state index contributed by atoms with van der Waals surface area (Å²) in [6, 6.07) is 1.92. The van der Waals surface area contributed by atoms with Crippen molar-refractivity contribution in [1.29, 1.82) is 0 Å². The third-order valence-electron chi connectivity index (χ3n) is 2.69. The Morgan fingerprint density at radius 1 is 1.50 bits per heavy atom. The lowest BCUT2D eigenvalue weighted by Gasteiger charge is -2.10. The summed E-state index contributed by atoms with van der Waals surface area (Å²) < 4.78 is 5.38. The molecule has 0 saturated carbocycles. The summed E-state index contributed by atoms with van der Waals surface area (Å²) in [7, 11) is 0. The van der Waals surface area contributed by atoms with Crippen LogP contribution in [0.3, 0.4) is 0 Å². The standard InChI is InChI=1S/C13H19N3O2S2/c1-2-3-5-18-7-9(17)8-20-13-15-11(14)10-4-6-19-12(10)16-13/h4,6,9,17H,2-3,5,7-8H2,1H3,(H2,14,15,16). The number of nitrogen functional groups attached to an aromatic ring is 1. The molecule has 0 aromatic carbocycles. The van der Waals surface area contributed by atoms with Crippen LogP contribution in [0.5, 0.6) is 0 Å². The molecule has 0 bridgehead atoms. The molecule has 2 aromatic rings. The van der Waals surface area contributed by atoms with Gasteiger partial charge in [0.25, 0.3) is 0 Å². The fourth-order valence-electron chi connectivity index (χ4n) is 1.61. The van der Waals surface area contributed by atoms with Crippen LogP contribution < -0.4 is 5.73 Å². The van der Waals surface area contributed by atoms with Gasteiger partial charge in [-0.1, -0.05) is 25.1 Å². The molecular formula is C13H19N3O2S2. The zero-order valence-electron chi connectivity index (χ0n) is 11.4. The Kier molecular flexibility index (Phi) is 6.03. The summed E-state index contributed by atoms with van der Waals surface area (Å²) in [5.74, 6) is 0.995. The van der Waals surface area contributed by atoms with Crippen molar-refractivity contribution in [1.82, 2.24) is 9.97 Å². The number of unbranched alkanes of at least 4 members (excludes halogenated alkanes) is 1. The maximum Gasteiger partial charge on any atom is 0.190 e. The fourth-order valence-corrected chi connectivity index (χ4v) is 3.19. The molecular weight excluding hydrogens is 294 g/mol. The lowest BCUT2D eigenvalue weighted by molar-refractivity contribution is 0.0473. The van der Waals surface area contributed by atoms with Gasteiger partial charge in [-0.2, -0.15) is 0 Å². The Hall–Kier alpha value is -0.890. The zero-order chi connectivity index (χ0) is 14.4. The number of ether oxygens (including phenoxy) is 1. The highest BCUT2D eigenvalue weighted by molar-refractivity contribution is 7.99. The maximum atomic E-state index is 9.82. The number of thiophene rings is 1. The Morgan fingerprint density at radius 2 is 2.35 bits per heavy atom. The van der Waals surface area contributed by atoms with Gasteiger partial charge >= 0.3 is 0 Å². The van der Waals surface area contributed by atoms with E-state index in [4.69, 9.17) is 10.5 Å². The number of fused-ring (bicyclic) bond motifs is 1. The minimum absolute atomic E-state index is 0.351. The van der Waals surface area contributed by atoms with Crippen LogP contribution in [0, 0.1) is 0 Å². The lowest BCUT2D eigenvalue weighted by atomic mass is 10.3. The summed E-state index contributed by atoms with van der Waals surface area (Å²) in [6.45, 7) is 3.16. The van der Waals surface area contributed by atoms with Gasteiger partial charge in [0.2, 0.25) is 0 Å². The Morgan fingerprint density at radius 3 is 3.15 bits per heavy atom. The fraction of sp³-hybridized carbons (Fsp3) is 0.538. The van der Waals surface area contributed by atoms with Gasteiger partial charge in [-0.15, -0.1) is 11.3 Å². The smallest absolute Gasteiger partial charge is 0.190 e. The first-order valence-corrected chi connectivity index (χ1v) is 8.46. The van der Waals surface area contributed by atoms with Crippen LogP contribution in [0.4, 0.5) is 5.82 Å². The Bertz CT molecular complexity index is 547. The highest BCUT2D eigenvalue weighted by Gasteiger charge is 2.10. The molecule has 20 heavy (non-hydrogen) atoms. The van der Waals surface area contributed by atoms with Gasteiger partial charge in [0.05, 0.1) is 18.1 Å². The second-order valence-corrected chi connectivity index (χ2v) is 6.31. The number of hydrogen-bond acceptors (Lipinski definition) is 7. The van der Waals surface area contributed by atoms with Crippen molar-refractivity contribution in [3.05, 3.63) is 11.4 Å². The molecule has 3 N–H and O–H groups in total. The topological polar surface area (TPSA) is 81.3 Å². The predicted octanol–water partition coefficient (Wildman–Crippen LogP) is 2.54. The van der Waals surface area contributed by atoms with E-state index in [0.29, 0.717) is 29.9 Å². The van der Waals surface area contributed by atoms with Gasteiger partial charge in [-0.05, 0) is 17.9 Å². The second-order valence-electron chi connectivity index (χ2n) is 4.42. The van der Waals surface area contributed by atoms with E-state index in [1.807, 2.05) is 11.4 Å². The van der Waals surface area contributed by atoms with Gasteiger partial charge in [-0.3, -0.25) is 0 Å². The molecule has 0 aliphatic rings. The number of aromatic nitrogens is 2. The molecule has 110 valence electrons. The van der Waals surface area contributed by atoms with E-state index in [0.717, 1.165) is 23.1 Å². The van der Waals surface area contributed by atoms with E-state index in [1.165, 1.54) is 23.1 Å². The molecule has 0 aliphatic heterocycles. The molecule has 2 heterocycles. The summed E-state index contributed by atoms with van der Waals surface area (Å²) >= 11 is 2.94. The van der Waals surface area contributed by atoms with Crippen LogP contribution in [0.25, 0.3) is 10.2 Å². The zero-order valence-corrected chi connectivity index (χ0v) is 13.0. The van der Waals surface area contributed by atoms with Crippen LogP contribution in [-0.4, -0.2) is 40.1 Å². The van der Waals surface area contributed by atoms with Gasteiger partial charge in [-0.25, -0.2) is 9.97 Å². The Labute approximate surface area is 126 Å². The van der Waals surface area contributed by atoms with Crippen LogP contribution >= 0.6 is 23.1 Å². The van der Waals surface area contributed by atoms with Crippen molar-refractivity contribution in [2.75, 3.05) is 24.7 Å². The minimum Gasteiger partial charge on any atom is -0.390 e. The SMILES string of the molecule is CCCCOCC(O)CSc1nc(N)c2ccsc2n1. The average molecular weight is 313 g/mol. The lowest BCUT2D eigenvalue weighted by Crippen LogP contribution is -2.18. The van der Waals surface area contributed by atoms with Crippen LogP contribution in [-0.2, 0) is 4.74 Å². The van der Waals surface area contributed by atoms with Gasteiger partial charge in [0.15, 0.2) is 5.16 Å². The van der Waals surface area contributed by atoms with E-state index in [9.17, 15) is 5.11 Å². The van der Waals surface area contributed by atoms with Crippen molar-refractivity contribution in [3.63, 3.8) is 0 Å². The molecule has 0 fully saturated rings. The molecule has 0 aliphatic carbocycles. The molecule has 0 radical (unpaired) electrons. The van der Waals surface area contributed by atoms with E-state index >= 15 is 0 Å². The van der Waals surface area contributed by atoms with E-state index in [2.05, 4.69) is 16.9 Å². The molecule has 7 heteroatoms. The number of anilines is 1. The molecule has 1 unspecified atom stereocenters. The summed E-state index contributed by atoms with van der Waals surface area (Å²) in [5.41, 5.74) is 5.88. The van der Waals surface area contributed by atoms with Crippen molar-refractivity contribution >= 4 is 39.1 Å². The molecule has 2 aromatic heterocycles. The number of hydrogen-bond donors (Lipinski definition) is 2. The largest absolute Gasteiger partial charge is 0.390 e. The van der Waals surface area contributed by atoms with Crippen molar-refractivity contribution in [2.24, 2.45) is 0 Å². The summed E-state index contributed by atoms with van der Waals surface area (Å²) in [4.78, 5) is 9.54.